The standard InChI is InChI=1S/C26H39N7O.C9H17NO3/c1-30-12-7-21(8-13-30)32-14-9-20(10-15-32)31(2)17-18-33-16-11-27-26-24(33)19-23(28-29-26)22-5-3-4-6-25(22)34;1-9(2,3)13-8(11)10-4-6-12-7-5-10/h3-6,19-21,34H,7-18H2,1-2H3,(H,27,29);4-7H2,1-3H3. The molecule has 260 valence electrons. The van der Waals surface area contributed by atoms with Crippen molar-refractivity contribution in [2.75, 3.05) is 103 Å². The summed E-state index contributed by atoms with van der Waals surface area (Å²) >= 11 is 0. The van der Waals surface area contributed by atoms with E-state index in [0.29, 0.717) is 38.0 Å². The van der Waals surface area contributed by atoms with Gasteiger partial charge in [-0.25, -0.2) is 4.79 Å². The fraction of sp³-hybridized carbons (Fsp3) is 0.686. The number of piperidine rings is 2. The first-order valence-corrected chi connectivity index (χ1v) is 17.4. The number of benzene rings is 1. The number of aromatic hydroxyl groups is 1. The molecule has 4 aliphatic heterocycles. The van der Waals surface area contributed by atoms with E-state index in [0.717, 1.165) is 49.3 Å². The molecule has 1 aromatic heterocycles. The third kappa shape index (κ3) is 9.91. The minimum Gasteiger partial charge on any atom is -0.507 e. The third-order valence-corrected chi connectivity index (χ3v) is 9.68. The lowest BCUT2D eigenvalue weighted by atomic mass is 9.97. The second-order valence-electron chi connectivity index (χ2n) is 14.3. The number of ether oxygens (including phenoxy) is 2. The van der Waals surface area contributed by atoms with E-state index < -0.39 is 5.60 Å². The number of phenols is 1. The molecule has 3 fully saturated rings. The molecule has 2 N–H and O–H groups in total. The van der Waals surface area contributed by atoms with Crippen LogP contribution in [0, 0.1) is 0 Å². The fourth-order valence-corrected chi connectivity index (χ4v) is 6.82. The van der Waals surface area contributed by atoms with E-state index in [1.165, 1.54) is 51.9 Å². The molecular formula is C35H56N8O4. The maximum Gasteiger partial charge on any atom is 0.410 e. The Kier molecular flexibility index (Phi) is 12.2. The number of nitrogens with zero attached hydrogens (tertiary/aromatic N) is 7. The Hall–Kier alpha value is -3.19. The maximum atomic E-state index is 11.5. The lowest BCUT2D eigenvalue weighted by molar-refractivity contribution is -0.00677. The number of amides is 1. The van der Waals surface area contributed by atoms with E-state index in [1.54, 1.807) is 11.0 Å². The summed E-state index contributed by atoms with van der Waals surface area (Å²) in [7, 11) is 4.53. The van der Waals surface area contributed by atoms with Crippen molar-refractivity contribution in [1.29, 1.82) is 0 Å². The van der Waals surface area contributed by atoms with Gasteiger partial charge in [-0.05, 0) is 105 Å². The second kappa shape index (κ2) is 16.3. The molecule has 5 heterocycles. The van der Waals surface area contributed by atoms with Crippen molar-refractivity contribution >= 4 is 17.6 Å². The van der Waals surface area contributed by atoms with Crippen LogP contribution in [0.25, 0.3) is 11.3 Å². The van der Waals surface area contributed by atoms with Crippen LogP contribution in [0.5, 0.6) is 5.75 Å². The van der Waals surface area contributed by atoms with Crippen molar-refractivity contribution in [3.05, 3.63) is 30.3 Å². The summed E-state index contributed by atoms with van der Waals surface area (Å²) in [6.07, 6.45) is 4.94. The Morgan fingerprint density at radius 3 is 2.40 bits per heavy atom. The number of aromatic nitrogens is 2. The third-order valence-electron chi connectivity index (χ3n) is 9.68. The Morgan fingerprint density at radius 2 is 1.72 bits per heavy atom. The van der Waals surface area contributed by atoms with Gasteiger partial charge in [0.2, 0.25) is 0 Å². The fourth-order valence-electron chi connectivity index (χ4n) is 6.82. The second-order valence-corrected chi connectivity index (χ2v) is 14.3. The van der Waals surface area contributed by atoms with Gasteiger partial charge in [-0.3, -0.25) is 0 Å². The monoisotopic (exact) mass is 652 g/mol. The average molecular weight is 653 g/mol. The van der Waals surface area contributed by atoms with Gasteiger partial charge < -0.3 is 44.4 Å². The first kappa shape index (κ1) is 35.1. The Balaban J connectivity index is 0.000000281. The highest BCUT2D eigenvalue weighted by Gasteiger charge is 2.29. The summed E-state index contributed by atoms with van der Waals surface area (Å²) in [4.78, 5) is 23.3. The Bertz CT molecular complexity index is 1280. The minimum atomic E-state index is -0.407. The molecule has 2 aromatic rings. The number of carbonyl (C=O) groups excluding carboxylic acids is 1. The normalized spacial score (nSPS) is 20.3. The topological polar surface area (TPSA) is 110 Å². The maximum absolute atomic E-state index is 11.5. The van der Waals surface area contributed by atoms with Crippen LogP contribution < -0.4 is 10.2 Å². The van der Waals surface area contributed by atoms with Crippen LogP contribution in [-0.4, -0.2) is 151 Å². The Morgan fingerprint density at radius 1 is 1.02 bits per heavy atom. The number of anilines is 2. The van der Waals surface area contributed by atoms with E-state index in [9.17, 15) is 9.90 Å². The molecule has 1 amide bonds. The predicted molar refractivity (Wildman–Crippen MR) is 186 cm³/mol. The summed E-state index contributed by atoms with van der Waals surface area (Å²) in [5.41, 5.74) is 2.09. The summed E-state index contributed by atoms with van der Waals surface area (Å²) in [5, 5.41) is 22.4. The number of morpholine rings is 1. The zero-order valence-corrected chi connectivity index (χ0v) is 29.2. The largest absolute Gasteiger partial charge is 0.507 e. The number of rotatable bonds is 6. The van der Waals surface area contributed by atoms with E-state index in [2.05, 4.69) is 55.3 Å². The van der Waals surface area contributed by atoms with Crippen molar-refractivity contribution in [2.45, 2.75) is 64.1 Å². The van der Waals surface area contributed by atoms with Crippen molar-refractivity contribution in [2.24, 2.45) is 0 Å². The molecular weight excluding hydrogens is 596 g/mol. The van der Waals surface area contributed by atoms with Gasteiger partial charge in [0.25, 0.3) is 0 Å². The summed E-state index contributed by atoms with van der Waals surface area (Å²) in [6, 6.07) is 10.8. The van der Waals surface area contributed by atoms with E-state index in [4.69, 9.17) is 9.47 Å². The van der Waals surface area contributed by atoms with Crippen LogP contribution in [0.1, 0.15) is 46.5 Å². The quantitative estimate of drug-likeness (QED) is 0.476. The molecule has 47 heavy (non-hydrogen) atoms. The van der Waals surface area contributed by atoms with Crippen LogP contribution in [0.3, 0.4) is 0 Å². The number of hydrogen-bond donors (Lipinski definition) is 2. The minimum absolute atomic E-state index is 0.235. The van der Waals surface area contributed by atoms with Crippen molar-refractivity contribution < 1.29 is 19.4 Å². The van der Waals surface area contributed by atoms with Gasteiger partial charge in [0.1, 0.15) is 11.4 Å². The van der Waals surface area contributed by atoms with Crippen molar-refractivity contribution in [3.8, 4) is 17.0 Å². The molecule has 0 aliphatic carbocycles. The highest BCUT2D eigenvalue weighted by molar-refractivity contribution is 5.76. The lowest BCUT2D eigenvalue weighted by Gasteiger charge is -2.43. The number of fused-ring (bicyclic) bond motifs is 1. The number of phenolic OH excluding ortho intramolecular Hbond substituents is 1. The van der Waals surface area contributed by atoms with Gasteiger partial charge in [0.05, 0.1) is 24.6 Å². The van der Waals surface area contributed by atoms with Crippen LogP contribution in [0.4, 0.5) is 16.3 Å². The number of para-hydroxylation sites is 1. The summed E-state index contributed by atoms with van der Waals surface area (Å²) in [5.74, 6) is 1.07. The highest BCUT2D eigenvalue weighted by Crippen LogP contribution is 2.33. The lowest BCUT2D eigenvalue weighted by Crippen LogP contribution is -2.51. The molecule has 12 nitrogen and oxygen atoms in total. The van der Waals surface area contributed by atoms with Crippen LogP contribution in [0.2, 0.25) is 0 Å². The van der Waals surface area contributed by atoms with Gasteiger partial charge in [-0.2, -0.15) is 0 Å². The molecule has 3 saturated heterocycles. The molecule has 0 bridgehead atoms. The zero-order valence-electron chi connectivity index (χ0n) is 29.2. The van der Waals surface area contributed by atoms with Gasteiger partial charge in [-0.15, -0.1) is 10.2 Å². The van der Waals surface area contributed by atoms with Gasteiger partial charge in [0, 0.05) is 56.9 Å². The molecule has 0 saturated carbocycles. The molecule has 0 atom stereocenters. The van der Waals surface area contributed by atoms with Crippen molar-refractivity contribution in [1.82, 2.24) is 29.8 Å². The SMILES string of the molecule is CC(C)(C)OC(=O)N1CCOCC1.CN1CCC(N2CCC(N(C)CCN3CCNc4nnc(-c5ccccc5O)cc43)CC2)CC1. The zero-order chi connectivity index (χ0) is 33.4. The van der Waals surface area contributed by atoms with Crippen LogP contribution in [0.15, 0.2) is 30.3 Å². The van der Waals surface area contributed by atoms with Gasteiger partial charge in [0.15, 0.2) is 5.82 Å². The van der Waals surface area contributed by atoms with Gasteiger partial charge >= 0.3 is 6.09 Å². The van der Waals surface area contributed by atoms with E-state index in [1.807, 2.05) is 39.0 Å². The first-order valence-electron chi connectivity index (χ1n) is 17.4. The van der Waals surface area contributed by atoms with E-state index >= 15 is 0 Å². The van der Waals surface area contributed by atoms with Crippen LogP contribution in [-0.2, 0) is 9.47 Å². The first-order chi connectivity index (χ1) is 22.6. The molecule has 6 rings (SSSR count). The number of carbonyl (C=O) groups is 1. The number of nitrogens with one attached hydrogen (secondary N) is 1. The van der Waals surface area contributed by atoms with Crippen LogP contribution >= 0.6 is 0 Å². The summed E-state index contributed by atoms with van der Waals surface area (Å²) in [6.45, 7) is 16.9. The summed E-state index contributed by atoms with van der Waals surface area (Å²) < 4.78 is 10.3. The average Bonchev–Trinajstić information content (AvgIpc) is 3.07. The smallest absolute Gasteiger partial charge is 0.410 e. The van der Waals surface area contributed by atoms with Crippen molar-refractivity contribution in [3.63, 3.8) is 0 Å². The molecule has 4 aliphatic rings. The molecule has 0 radical (unpaired) electrons. The number of hydrogen-bond acceptors (Lipinski definition) is 11. The highest BCUT2D eigenvalue weighted by atomic mass is 16.6. The Labute approximate surface area is 281 Å². The molecule has 1 aromatic carbocycles. The number of likely N-dealkylation sites (tertiary alicyclic amines) is 2. The van der Waals surface area contributed by atoms with E-state index in [-0.39, 0.29) is 11.8 Å². The molecule has 0 unspecified atom stereocenters. The predicted octanol–water partition coefficient (Wildman–Crippen LogP) is 3.83. The van der Waals surface area contributed by atoms with Gasteiger partial charge in [-0.1, -0.05) is 12.1 Å². The number of likely N-dealkylation sites (N-methyl/N-ethyl adjacent to an activating group) is 1. The molecule has 0 spiro atoms. The molecule has 12 heteroatoms.